The largest absolute Gasteiger partial charge is 0.0791 e. The molecular weight excluding hydrogens is 284 g/mol. The van der Waals surface area contributed by atoms with Crippen LogP contribution in [0.4, 0.5) is 0 Å². The average Bonchev–Trinajstić information content (AvgIpc) is 2.47. The predicted molar refractivity (Wildman–Crippen MR) is 99.2 cm³/mol. The van der Waals surface area contributed by atoms with Crippen LogP contribution in [-0.2, 0) is 5.41 Å². The second-order valence-corrected chi connectivity index (χ2v) is 11.9. The topological polar surface area (TPSA) is 0 Å². The Labute approximate surface area is 133 Å². The molecule has 0 aliphatic heterocycles. The predicted octanol–water partition coefficient (Wildman–Crippen LogP) is 3.94. The van der Waals surface area contributed by atoms with Crippen molar-refractivity contribution in [1.82, 2.24) is 0 Å². The van der Waals surface area contributed by atoms with E-state index in [0.29, 0.717) is 0 Å². The number of rotatable bonds is 4. The third-order valence-electron chi connectivity index (χ3n) is 4.37. The van der Waals surface area contributed by atoms with Gasteiger partial charge >= 0.3 is 0 Å². The Balaban J connectivity index is 2.31. The summed E-state index contributed by atoms with van der Waals surface area (Å²) in [6.07, 6.45) is 0. The number of benzene rings is 2. The molecule has 0 amide bonds. The lowest BCUT2D eigenvalue weighted by atomic mass is 9.78. The van der Waals surface area contributed by atoms with Crippen LogP contribution in [0.15, 0.2) is 48.5 Å². The van der Waals surface area contributed by atoms with Gasteiger partial charge in [0.2, 0.25) is 0 Å². The molecule has 2 heteroatoms. The quantitative estimate of drug-likeness (QED) is 0.751. The lowest BCUT2D eigenvalue weighted by Crippen LogP contribution is -2.26. The van der Waals surface area contributed by atoms with Gasteiger partial charge in [-0.25, -0.2) is 0 Å². The molecule has 0 bridgehead atoms. The van der Waals surface area contributed by atoms with Crippen molar-refractivity contribution < 1.29 is 0 Å². The summed E-state index contributed by atoms with van der Waals surface area (Å²) in [5.74, 6) is 0. The van der Waals surface area contributed by atoms with Gasteiger partial charge in [0.05, 0.1) is 17.6 Å². The molecule has 0 aliphatic carbocycles. The van der Waals surface area contributed by atoms with E-state index >= 15 is 0 Å². The molecular formula is C19H26Si2. The summed E-state index contributed by atoms with van der Waals surface area (Å²) in [7, 11) is -0.698. The summed E-state index contributed by atoms with van der Waals surface area (Å²) in [6.45, 7) is 14.0. The molecule has 0 aliphatic rings. The Kier molecular flexibility index (Phi) is 4.89. The van der Waals surface area contributed by atoms with Gasteiger partial charge in [-0.3, -0.25) is 0 Å². The molecule has 0 nitrogen and oxygen atoms in total. The van der Waals surface area contributed by atoms with E-state index in [9.17, 15) is 0 Å². The smallest absolute Gasteiger partial charge is 0.0671 e. The average molecular weight is 311 g/mol. The molecule has 0 saturated carbocycles. The van der Waals surface area contributed by atoms with Crippen LogP contribution in [0, 0.1) is 0 Å². The van der Waals surface area contributed by atoms with Crippen LogP contribution in [0.3, 0.4) is 0 Å². The third kappa shape index (κ3) is 3.56. The summed E-state index contributed by atoms with van der Waals surface area (Å²) in [5.41, 5.74) is 2.88. The molecule has 0 aromatic heterocycles. The highest BCUT2D eigenvalue weighted by Gasteiger charge is 2.23. The van der Waals surface area contributed by atoms with Gasteiger partial charge in [-0.1, -0.05) is 98.9 Å². The molecule has 2 aromatic rings. The van der Waals surface area contributed by atoms with Gasteiger partial charge < -0.3 is 0 Å². The van der Waals surface area contributed by atoms with Gasteiger partial charge in [-0.15, -0.1) is 0 Å². The summed E-state index contributed by atoms with van der Waals surface area (Å²) in [6, 6.07) is 18.5. The monoisotopic (exact) mass is 310 g/mol. The van der Waals surface area contributed by atoms with Gasteiger partial charge in [-0.05, 0) is 11.1 Å². The molecule has 0 unspecified atom stereocenters. The Morgan fingerprint density at radius 2 is 0.857 bits per heavy atom. The maximum absolute atomic E-state index is 2.35. The van der Waals surface area contributed by atoms with Crippen molar-refractivity contribution in [2.75, 3.05) is 0 Å². The lowest BCUT2D eigenvalue weighted by Gasteiger charge is -2.27. The highest BCUT2D eigenvalue weighted by atomic mass is 28.3. The van der Waals surface area contributed by atoms with Crippen LogP contribution in [-0.4, -0.2) is 17.6 Å². The van der Waals surface area contributed by atoms with Gasteiger partial charge in [0.15, 0.2) is 0 Å². The van der Waals surface area contributed by atoms with Crippen molar-refractivity contribution in [2.24, 2.45) is 0 Å². The molecule has 0 N–H and O–H groups in total. The molecule has 0 fully saturated rings. The van der Waals surface area contributed by atoms with E-state index in [1.54, 1.807) is 0 Å². The summed E-state index contributed by atoms with van der Waals surface area (Å²) in [5, 5.41) is 3.03. The molecule has 0 heterocycles. The molecule has 0 saturated heterocycles. The van der Waals surface area contributed by atoms with Crippen molar-refractivity contribution in [3.63, 3.8) is 0 Å². The first-order chi connectivity index (χ1) is 9.82. The van der Waals surface area contributed by atoms with Gasteiger partial charge in [0.1, 0.15) is 0 Å². The highest BCUT2D eigenvalue weighted by molar-refractivity contribution is 6.71. The standard InChI is InChI=1S/C19H26Si2/c1-19(2,15-7-11-17(12-8-15)20(3)4)16-9-13-18(14-10-16)21(5)6/h7-14H,1-6H3. The first-order valence-electron chi connectivity index (χ1n) is 7.64. The van der Waals surface area contributed by atoms with Crippen LogP contribution in [0.2, 0.25) is 26.2 Å². The molecule has 0 atom stereocenters. The first-order valence-corrected chi connectivity index (χ1v) is 12.6. The maximum Gasteiger partial charge on any atom is 0.0791 e. The van der Waals surface area contributed by atoms with E-state index in [2.05, 4.69) is 88.6 Å². The Bertz CT molecular complexity index is 524. The van der Waals surface area contributed by atoms with Crippen molar-refractivity contribution in [3.05, 3.63) is 59.7 Å². The number of hydrogen-bond donors (Lipinski definition) is 0. The van der Waals surface area contributed by atoms with Crippen LogP contribution >= 0.6 is 0 Å². The first kappa shape index (κ1) is 16.2. The van der Waals surface area contributed by atoms with Gasteiger partial charge in [0.25, 0.3) is 0 Å². The van der Waals surface area contributed by atoms with Crippen LogP contribution in [0.5, 0.6) is 0 Å². The molecule has 2 radical (unpaired) electrons. The van der Waals surface area contributed by atoms with Crippen LogP contribution < -0.4 is 10.4 Å². The van der Waals surface area contributed by atoms with E-state index in [1.807, 2.05) is 0 Å². The molecule has 110 valence electrons. The minimum atomic E-state index is -0.349. The maximum atomic E-state index is 2.35. The Morgan fingerprint density at radius 3 is 1.10 bits per heavy atom. The summed E-state index contributed by atoms with van der Waals surface area (Å²) < 4.78 is 0. The van der Waals surface area contributed by atoms with E-state index < -0.39 is 0 Å². The summed E-state index contributed by atoms with van der Waals surface area (Å²) >= 11 is 0. The zero-order valence-electron chi connectivity index (χ0n) is 14.1. The molecule has 21 heavy (non-hydrogen) atoms. The summed E-state index contributed by atoms with van der Waals surface area (Å²) in [4.78, 5) is 0. The second-order valence-electron chi connectivity index (χ2n) is 6.78. The van der Waals surface area contributed by atoms with Crippen LogP contribution in [0.25, 0.3) is 0 Å². The zero-order chi connectivity index (χ0) is 15.6. The van der Waals surface area contributed by atoms with Crippen molar-refractivity contribution in [1.29, 1.82) is 0 Å². The van der Waals surface area contributed by atoms with E-state index in [4.69, 9.17) is 0 Å². The number of hydrogen-bond acceptors (Lipinski definition) is 0. The Hall–Kier alpha value is -1.13. The second kappa shape index (κ2) is 6.33. The van der Waals surface area contributed by atoms with E-state index in [1.165, 1.54) is 21.5 Å². The molecule has 0 spiro atoms. The van der Waals surface area contributed by atoms with Crippen molar-refractivity contribution in [3.8, 4) is 0 Å². The third-order valence-corrected chi connectivity index (χ3v) is 7.34. The van der Waals surface area contributed by atoms with Crippen molar-refractivity contribution >= 4 is 28.0 Å². The normalized spacial score (nSPS) is 12.2. The van der Waals surface area contributed by atoms with Crippen molar-refractivity contribution in [2.45, 2.75) is 45.5 Å². The minimum absolute atomic E-state index is 0.0693. The van der Waals surface area contributed by atoms with Gasteiger partial charge in [-0.2, -0.15) is 0 Å². The minimum Gasteiger partial charge on any atom is -0.0671 e. The molecule has 2 aromatic carbocycles. The Morgan fingerprint density at radius 1 is 0.571 bits per heavy atom. The van der Waals surface area contributed by atoms with Gasteiger partial charge in [0, 0.05) is 5.41 Å². The van der Waals surface area contributed by atoms with E-state index in [0.717, 1.165) is 0 Å². The zero-order valence-corrected chi connectivity index (χ0v) is 16.1. The highest BCUT2D eigenvalue weighted by Crippen LogP contribution is 2.30. The molecule has 2 rings (SSSR count). The van der Waals surface area contributed by atoms with Crippen LogP contribution in [0.1, 0.15) is 25.0 Å². The lowest BCUT2D eigenvalue weighted by molar-refractivity contribution is 0.641. The fraction of sp³-hybridized carbons (Fsp3) is 0.368. The fourth-order valence-corrected chi connectivity index (χ4v) is 4.27. The fourth-order valence-electron chi connectivity index (χ4n) is 2.61. The van der Waals surface area contributed by atoms with E-state index in [-0.39, 0.29) is 23.0 Å². The SMILES string of the molecule is C[Si](C)c1ccc(C(C)(C)c2ccc([Si](C)C)cc2)cc1.